The van der Waals surface area contributed by atoms with Crippen molar-refractivity contribution in [3.8, 4) is 0 Å². The molecule has 1 aliphatic rings. The Kier molecular flexibility index (Phi) is 7.52. The molecule has 10 heteroatoms. The molecule has 3 aromatic heterocycles. The van der Waals surface area contributed by atoms with Crippen LogP contribution in [0.1, 0.15) is 54.1 Å². The highest BCUT2D eigenvalue weighted by Gasteiger charge is 2.32. The standard InChI is InChI=1S/C30H31FN6O3/c1-2-20-9-12-27-22(15-20)16-26(30(38)32-27)28(29-33-34-35-37(29)19-25-6-4-14-40-25)36(18-24-5-3-13-39-24)17-21-7-10-23(31)11-8-21/h3,5,7-13,15-16,25,28H,2,4,6,14,17-19H2,1H3,(H,32,38)/t25-,28+/m1/s1. The summed E-state index contributed by atoms with van der Waals surface area (Å²) >= 11 is 0. The van der Waals surface area contributed by atoms with Crippen LogP contribution in [0.25, 0.3) is 10.9 Å². The van der Waals surface area contributed by atoms with Gasteiger partial charge in [-0.3, -0.25) is 9.69 Å². The molecule has 1 aliphatic heterocycles. The second-order valence-electron chi connectivity index (χ2n) is 10.2. The van der Waals surface area contributed by atoms with Crippen molar-refractivity contribution >= 4 is 10.9 Å². The maximum absolute atomic E-state index is 13.8. The molecule has 1 fully saturated rings. The van der Waals surface area contributed by atoms with Gasteiger partial charge in [-0.05, 0) is 88.7 Å². The molecule has 0 saturated carbocycles. The van der Waals surface area contributed by atoms with E-state index < -0.39 is 6.04 Å². The number of rotatable bonds is 10. The van der Waals surface area contributed by atoms with E-state index in [1.807, 2.05) is 30.3 Å². The second-order valence-corrected chi connectivity index (χ2v) is 10.2. The van der Waals surface area contributed by atoms with Crippen LogP contribution < -0.4 is 5.56 Å². The number of aromatic nitrogens is 5. The number of benzene rings is 2. The van der Waals surface area contributed by atoms with Crippen LogP contribution in [0.15, 0.2) is 76.1 Å². The van der Waals surface area contributed by atoms with Gasteiger partial charge in [0.25, 0.3) is 5.56 Å². The molecule has 1 N–H and O–H groups in total. The van der Waals surface area contributed by atoms with Crippen LogP contribution in [0, 0.1) is 5.82 Å². The number of H-pyrrole nitrogens is 1. The van der Waals surface area contributed by atoms with Crippen molar-refractivity contribution in [1.82, 2.24) is 30.1 Å². The fourth-order valence-corrected chi connectivity index (χ4v) is 5.38. The number of nitrogens with zero attached hydrogens (tertiary/aromatic N) is 5. The summed E-state index contributed by atoms with van der Waals surface area (Å²) < 4.78 is 27.1. The Balaban J connectivity index is 1.50. The Morgan fingerprint density at radius 1 is 1.12 bits per heavy atom. The van der Waals surface area contributed by atoms with Gasteiger partial charge in [0.15, 0.2) is 5.82 Å². The van der Waals surface area contributed by atoms with Crippen molar-refractivity contribution in [1.29, 1.82) is 0 Å². The SMILES string of the molecule is CCc1ccc2[nH]c(=O)c([C@@H](c3nnnn3C[C@H]3CCCO3)N(Cc3ccc(F)cc3)Cc3ccco3)cc2c1. The lowest BCUT2D eigenvalue weighted by Gasteiger charge is -2.30. The van der Waals surface area contributed by atoms with Crippen LogP contribution >= 0.6 is 0 Å². The zero-order valence-electron chi connectivity index (χ0n) is 22.3. The first kappa shape index (κ1) is 26.1. The predicted molar refractivity (Wildman–Crippen MR) is 147 cm³/mol. The quantitative estimate of drug-likeness (QED) is 0.271. The van der Waals surface area contributed by atoms with Gasteiger partial charge < -0.3 is 14.1 Å². The van der Waals surface area contributed by atoms with Crippen LogP contribution in [0.3, 0.4) is 0 Å². The monoisotopic (exact) mass is 542 g/mol. The lowest BCUT2D eigenvalue weighted by atomic mass is 10.0. The van der Waals surface area contributed by atoms with Crippen molar-refractivity contribution in [2.75, 3.05) is 6.61 Å². The molecule has 0 unspecified atom stereocenters. The van der Waals surface area contributed by atoms with E-state index in [2.05, 4.69) is 38.4 Å². The van der Waals surface area contributed by atoms with Gasteiger partial charge in [-0.2, -0.15) is 0 Å². The molecular formula is C30H31FN6O3. The smallest absolute Gasteiger partial charge is 0.253 e. The number of furan rings is 1. The fourth-order valence-electron chi connectivity index (χ4n) is 5.38. The molecule has 0 spiro atoms. The number of aryl methyl sites for hydroxylation is 1. The van der Waals surface area contributed by atoms with Gasteiger partial charge in [0.1, 0.15) is 17.6 Å². The number of ether oxygens (including phenoxy) is 1. The highest BCUT2D eigenvalue weighted by molar-refractivity contribution is 5.80. The van der Waals surface area contributed by atoms with E-state index in [1.54, 1.807) is 23.1 Å². The first-order chi connectivity index (χ1) is 19.6. The maximum atomic E-state index is 13.8. The van der Waals surface area contributed by atoms with Crippen molar-refractivity contribution in [2.24, 2.45) is 0 Å². The molecule has 2 atom stereocenters. The molecule has 0 bridgehead atoms. The van der Waals surface area contributed by atoms with Gasteiger partial charge in [-0.15, -0.1) is 5.10 Å². The fraction of sp³-hybridized carbons (Fsp3) is 0.333. The molecule has 40 heavy (non-hydrogen) atoms. The Labute approximate surface area is 230 Å². The van der Waals surface area contributed by atoms with Crippen LogP contribution in [0.4, 0.5) is 4.39 Å². The van der Waals surface area contributed by atoms with Crippen molar-refractivity contribution in [3.05, 3.63) is 111 Å². The number of pyridine rings is 1. The number of fused-ring (bicyclic) bond motifs is 1. The minimum Gasteiger partial charge on any atom is -0.468 e. The third kappa shape index (κ3) is 5.59. The molecule has 5 aromatic rings. The third-order valence-corrected chi connectivity index (χ3v) is 7.45. The highest BCUT2D eigenvalue weighted by Crippen LogP contribution is 2.31. The highest BCUT2D eigenvalue weighted by atomic mass is 19.1. The number of nitrogens with one attached hydrogen (secondary N) is 1. The van der Waals surface area contributed by atoms with E-state index in [1.165, 1.54) is 17.7 Å². The summed E-state index contributed by atoms with van der Waals surface area (Å²) in [6.07, 6.45) is 4.41. The molecule has 9 nitrogen and oxygen atoms in total. The minimum atomic E-state index is -0.634. The summed E-state index contributed by atoms with van der Waals surface area (Å²) in [5.41, 5.74) is 3.10. The molecular weight excluding hydrogens is 511 g/mol. The molecule has 0 radical (unpaired) electrons. The first-order valence-corrected chi connectivity index (χ1v) is 13.6. The van der Waals surface area contributed by atoms with Crippen LogP contribution in [0.5, 0.6) is 0 Å². The van der Waals surface area contributed by atoms with Crippen molar-refractivity contribution in [2.45, 2.75) is 58.0 Å². The topological polar surface area (TPSA) is 102 Å². The van der Waals surface area contributed by atoms with E-state index in [4.69, 9.17) is 9.15 Å². The molecule has 0 aliphatic carbocycles. The summed E-state index contributed by atoms with van der Waals surface area (Å²) in [5, 5.41) is 13.7. The van der Waals surface area contributed by atoms with Gasteiger partial charge in [0.05, 0.1) is 25.5 Å². The lowest BCUT2D eigenvalue weighted by molar-refractivity contribution is 0.0901. The van der Waals surface area contributed by atoms with Crippen LogP contribution in [-0.2, 0) is 30.8 Å². The average Bonchev–Trinajstić information content (AvgIpc) is 3.75. The first-order valence-electron chi connectivity index (χ1n) is 13.6. The molecule has 2 aromatic carbocycles. The second kappa shape index (κ2) is 11.5. The van der Waals surface area contributed by atoms with E-state index >= 15 is 0 Å². The van der Waals surface area contributed by atoms with Gasteiger partial charge in [0, 0.05) is 24.2 Å². The van der Waals surface area contributed by atoms with Gasteiger partial charge in [0.2, 0.25) is 0 Å². The molecule has 6 rings (SSSR count). The van der Waals surface area contributed by atoms with Crippen LogP contribution in [0.2, 0.25) is 0 Å². The van der Waals surface area contributed by atoms with E-state index in [0.717, 1.165) is 41.5 Å². The Bertz CT molecular complexity index is 1620. The molecule has 206 valence electrons. The van der Waals surface area contributed by atoms with Crippen LogP contribution in [-0.4, -0.2) is 42.8 Å². The summed E-state index contributed by atoms with van der Waals surface area (Å²) in [5.74, 6) is 0.938. The van der Waals surface area contributed by atoms with E-state index in [9.17, 15) is 9.18 Å². The number of halogens is 1. The van der Waals surface area contributed by atoms with Gasteiger partial charge in [-0.25, -0.2) is 9.07 Å². The van der Waals surface area contributed by atoms with E-state index in [0.29, 0.717) is 37.6 Å². The van der Waals surface area contributed by atoms with Gasteiger partial charge in [-0.1, -0.05) is 25.1 Å². The Hall–Kier alpha value is -4.15. The molecule has 4 heterocycles. The molecule has 0 amide bonds. The predicted octanol–water partition coefficient (Wildman–Crippen LogP) is 4.78. The number of hydrogen-bond acceptors (Lipinski definition) is 7. The Morgan fingerprint density at radius 2 is 1.98 bits per heavy atom. The summed E-state index contributed by atoms with van der Waals surface area (Å²) in [6, 6.07) is 17.4. The van der Waals surface area contributed by atoms with Gasteiger partial charge >= 0.3 is 0 Å². The minimum absolute atomic E-state index is 0.000484. The zero-order valence-corrected chi connectivity index (χ0v) is 22.3. The number of tetrazole rings is 1. The van der Waals surface area contributed by atoms with E-state index in [-0.39, 0.29) is 17.5 Å². The summed E-state index contributed by atoms with van der Waals surface area (Å²) in [4.78, 5) is 18.9. The summed E-state index contributed by atoms with van der Waals surface area (Å²) in [7, 11) is 0. The van der Waals surface area contributed by atoms with Crippen molar-refractivity contribution in [3.63, 3.8) is 0 Å². The third-order valence-electron chi connectivity index (χ3n) is 7.45. The average molecular weight is 543 g/mol. The molecule has 1 saturated heterocycles. The number of hydrogen-bond donors (Lipinski definition) is 1. The summed E-state index contributed by atoms with van der Waals surface area (Å²) in [6.45, 7) is 4.06. The lowest BCUT2D eigenvalue weighted by Crippen LogP contribution is -2.35. The van der Waals surface area contributed by atoms with Crippen molar-refractivity contribution < 1.29 is 13.5 Å². The normalized spacial score (nSPS) is 16.2. The Morgan fingerprint density at radius 3 is 2.73 bits per heavy atom. The largest absolute Gasteiger partial charge is 0.468 e. The number of aromatic amines is 1. The maximum Gasteiger partial charge on any atom is 0.253 e. The zero-order chi connectivity index (χ0) is 27.5.